The van der Waals surface area contributed by atoms with Crippen molar-refractivity contribution >= 4 is 5.97 Å². The second kappa shape index (κ2) is 7.13. The summed E-state index contributed by atoms with van der Waals surface area (Å²) >= 11 is 0. The van der Waals surface area contributed by atoms with Crippen LogP contribution in [-0.2, 0) is 4.79 Å². The van der Waals surface area contributed by atoms with E-state index < -0.39 is 11.4 Å². The van der Waals surface area contributed by atoms with Crippen molar-refractivity contribution in [1.82, 2.24) is 0 Å². The highest BCUT2D eigenvalue weighted by Gasteiger charge is 2.70. The Hall–Kier alpha value is -0.790. The molecule has 5 rings (SSSR count). The van der Waals surface area contributed by atoms with Gasteiger partial charge in [0.15, 0.2) is 0 Å². The molecular weight excluding hydrogens is 356 g/mol. The molecule has 0 spiro atoms. The van der Waals surface area contributed by atoms with E-state index in [1.165, 1.54) is 63.4 Å². The molecule has 9 unspecified atom stereocenters. The van der Waals surface area contributed by atoms with Gasteiger partial charge in [-0.3, -0.25) is 4.79 Å². The third-order valence-corrected chi connectivity index (χ3v) is 11.3. The zero-order valence-corrected chi connectivity index (χ0v) is 18.8. The van der Waals surface area contributed by atoms with Crippen LogP contribution in [0.25, 0.3) is 0 Å². The van der Waals surface area contributed by atoms with Crippen molar-refractivity contribution in [1.29, 1.82) is 0 Å². The molecule has 0 bridgehead atoms. The van der Waals surface area contributed by atoms with Gasteiger partial charge in [-0.1, -0.05) is 38.3 Å². The topological polar surface area (TPSA) is 37.3 Å². The molecule has 5 fully saturated rings. The summed E-state index contributed by atoms with van der Waals surface area (Å²) in [5.41, 5.74) is 0.734. The van der Waals surface area contributed by atoms with Gasteiger partial charge in [0.25, 0.3) is 0 Å². The van der Waals surface area contributed by atoms with E-state index in [-0.39, 0.29) is 5.41 Å². The molecule has 0 aromatic heterocycles. The molecule has 0 amide bonds. The maximum Gasteiger partial charge on any atom is 0.310 e. The van der Waals surface area contributed by atoms with Gasteiger partial charge in [-0.05, 0) is 118 Å². The Balaban J connectivity index is 1.52. The van der Waals surface area contributed by atoms with Gasteiger partial charge in [0.1, 0.15) is 0 Å². The summed E-state index contributed by atoms with van der Waals surface area (Å²) in [5.74, 6) is 5.16. The van der Waals surface area contributed by atoms with E-state index in [1.807, 2.05) is 0 Å². The average molecular weight is 399 g/mol. The van der Waals surface area contributed by atoms with Crippen LogP contribution >= 0.6 is 0 Å². The number of carboxylic acid groups (broad SMARTS) is 1. The molecule has 5 aliphatic rings. The minimum Gasteiger partial charge on any atom is -0.481 e. The molecule has 0 heterocycles. The first-order chi connectivity index (χ1) is 14.0. The van der Waals surface area contributed by atoms with E-state index in [9.17, 15) is 9.90 Å². The van der Waals surface area contributed by atoms with Crippen LogP contribution < -0.4 is 0 Å². The molecule has 0 aliphatic heterocycles. The number of fused-ring (bicyclic) bond motifs is 7. The molecule has 29 heavy (non-hydrogen) atoms. The second-order valence-corrected chi connectivity index (χ2v) is 11.7. The highest BCUT2D eigenvalue weighted by molar-refractivity contribution is 5.77. The van der Waals surface area contributed by atoms with E-state index in [2.05, 4.69) is 20.4 Å². The largest absolute Gasteiger partial charge is 0.481 e. The van der Waals surface area contributed by atoms with Crippen molar-refractivity contribution in [3.05, 3.63) is 12.2 Å². The van der Waals surface area contributed by atoms with Gasteiger partial charge >= 0.3 is 5.97 Å². The maximum atomic E-state index is 12.8. The van der Waals surface area contributed by atoms with Gasteiger partial charge in [0.2, 0.25) is 0 Å². The number of hydrogen-bond acceptors (Lipinski definition) is 1. The standard InChI is InChI=1S/C27H42O2/c1-4-27-23(17(2)3)14-16-26(27,25(28)29)15-13-22-21-10-9-18-7-5-6-8-19(18)20(21)11-12-24(22)27/h18-24H,2,4-16H2,1,3H3,(H,28,29). The van der Waals surface area contributed by atoms with E-state index in [4.69, 9.17) is 0 Å². The van der Waals surface area contributed by atoms with E-state index in [0.29, 0.717) is 11.8 Å². The van der Waals surface area contributed by atoms with Gasteiger partial charge in [-0.15, -0.1) is 0 Å². The number of hydrogen-bond donors (Lipinski definition) is 1. The molecule has 0 radical (unpaired) electrons. The van der Waals surface area contributed by atoms with Gasteiger partial charge < -0.3 is 5.11 Å². The van der Waals surface area contributed by atoms with Crippen LogP contribution in [0, 0.1) is 52.3 Å². The molecule has 0 aromatic carbocycles. The summed E-state index contributed by atoms with van der Waals surface area (Å²) < 4.78 is 0. The summed E-state index contributed by atoms with van der Waals surface area (Å²) in [4.78, 5) is 12.8. The fourth-order valence-electron chi connectivity index (χ4n) is 10.5. The predicted molar refractivity (Wildman–Crippen MR) is 117 cm³/mol. The summed E-state index contributed by atoms with van der Waals surface area (Å²) in [7, 11) is 0. The lowest BCUT2D eigenvalue weighted by Gasteiger charge is -2.63. The van der Waals surface area contributed by atoms with E-state index >= 15 is 0 Å². The van der Waals surface area contributed by atoms with Crippen LogP contribution in [0.2, 0.25) is 0 Å². The minimum absolute atomic E-state index is 0.0397. The Bertz CT molecular complexity index is 682. The summed E-state index contributed by atoms with van der Waals surface area (Å²) in [6.45, 7) is 8.89. The van der Waals surface area contributed by atoms with Crippen LogP contribution in [0.1, 0.15) is 97.3 Å². The van der Waals surface area contributed by atoms with E-state index in [1.54, 1.807) is 0 Å². The maximum absolute atomic E-state index is 12.8. The molecule has 2 heteroatoms. The quantitative estimate of drug-likeness (QED) is 0.515. The van der Waals surface area contributed by atoms with Crippen molar-refractivity contribution in [2.75, 3.05) is 0 Å². The summed E-state index contributed by atoms with van der Waals surface area (Å²) in [6, 6.07) is 0. The first kappa shape index (κ1) is 20.1. The third-order valence-electron chi connectivity index (χ3n) is 11.3. The first-order valence-corrected chi connectivity index (χ1v) is 12.8. The number of carbonyl (C=O) groups is 1. The number of carboxylic acids is 1. The monoisotopic (exact) mass is 398 g/mol. The van der Waals surface area contributed by atoms with Gasteiger partial charge in [-0.25, -0.2) is 0 Å². The first-order valence-electron chi connectivity index (χ1n) is 12.8. The van der Waals surface area contributed by atoms with Crippen molar-refractivity contribution in [3.63, 3.8) is 0 Å². The predicted octanol–water partition coefficient (Wildman–Crippen LogP) is 7.09. The van der Waals surface area contributed by atoms with Crippen LogP contribution in [0.15, 0.2) is 12.2 Å². The summed E-state index contributed by atoms with van der Waals surface area (Å²) in [5, 5.41) is 10.5. The number of allylic oxidation sites excluding steroid dienone is 1. The number of aliphatic carboxylic acids is 1. The Morgan fingerprint density at radius 2 is 1.59 bits per heavy atom. The molecule has 5 aliphatic carbocycles. The molecule has 0 saturated heterocycles. The normalized spacial score (nSPS) is 51.3. The third kappa shape index (κ3) is 2.56. The van der Waals surface area contributed by atoms with Crippen LogP contribution in [0.3, 0.4) is 0 Å². The van der Waals surface area contributed by atoms with E-state index in [0.717, 1.165) is 55.3 Å². The van der Waals surface area contributed by atoms with Crippen molar-refractivity contribution in [2.24, 2.45) is 52.3 Å². The Kier molecular flexibility index (Phi) is 4.95. The van der Waals surface area contributed by atoms with Crippen molar-refractivity contribution in [3.8, 4) is 0 Å². The summed E-state index contributed by atoms with van der Waals surface area (Å²) in [6.07, 6.45) is 16.5. The van der Waals surface area contributed by atoms with Crippen LogP contribution in [0.5, 0.6) is 0 Å². The highest BCUT2D eigenvalue weighted by Crippen LogP contribution is 2.73. The molecule has 5 saturated carbocycles. The Morgan fingerprint density at radius 3 is 2.31 bits per heavy atom. The average Bonchev–Trinajstić information content (AvgIpc) is 3.10. The lowest BCUT2D eigenvalue weighted by molar-refractivity contribution is -0.186. The van der Waals surface area contributed by atoms with Crippen LogP contribution in [-0.4, -0.2) is 11.1 Å². The highest BCUT2D eigenvalue weighted by atomic mass is 16.4. The minimum atomic E-state index is -0.486. The Morgan fingerprint density at radius 1 is 0.897 bits per heavy atom. The lowest BCUT2D eigenvalue weighted by Crippen LogP contribution is -2.60. The van der Waals surface area contributed by atoms with Gasteiger partial charge in [0.05, 0.1) is 5.41 Å². The second-order valence-electron chi connectivity index (χ2n) is 11.7. The van der Waals surface area contributed by atoms with Gasteiger partial charge in [0, 0.05) is 0 Å². The molecule has 2 nitrogen and oxygen atoms in total. The SMILES string of the molecule is C=C(C)C1CCC2(C(=O)O)CCC3C4CCC5CCCCC5C4CCC3C12CC. The molecule has 1 N–H and O–H groups in total. The molecule has 0 aromatic rings. The zero-order valence-electron chi connectivity index (χ0n) is 18.8. The Labute approximate surface area is 177 Å². The fraction of sp³-hybridized carbons (Fsp3) is 0.889. The zero-order chi connectivity index (χ0) is 20.4. The van der Waals surface area contributed by atoms with Gasteiger partial charge in [-0.2, -0.15) is 0 Å². The molecular formula is C27H42O2. The smallest absolute Gasteiger partial charge is 0.310 e. The van der Waals surface area contributed by atoms with Crippen molar-refractivity contribution in [2.45, 2.75) is 97.3 Å². The molecule has 9 atom stereocenters. The number of rotatable bonds is 3. The fourth-order valence-corrected chi connectivity index (χ4v) is 10.5. The molecule has 162 valence electrons. The van der Waals surface area contributed by atoms with Crippen LogP contribution in [0.4, 0.5) is 0 Å². The lowest BCUT2D eigenvalue weighted by atomic mass is 9.40. The van der Waals surface area contributed by atoms with Crippen molar-refractivity contribution < 1.29 is 9.90 Å².